The highest BCUT2D eigenvalue weighted by Gasteiger charge is 2.30. The lowest BCUT2D eigenvalue weighted by molar-refractivity contribution is -0.137. The van der Waals surface area contributed by atoms with Crippen LogP contribution in [0.5, 0.6) is 5.75 Å². The van der Waals surface area contributed by atoms with Gasteiger partial charge in [0.25, 0.3) is 0 Å². The number of primary amides is 1. The van der Waals surface area contributed by atoms with E-state index in [0.29, 0.717) is 0 Å². The van der Waals surface area contributed by atoms with Crippen molar-refractivity contribution < 1.29 is 27.5 Å². The zero-order valence-electron chi connectivity index (χ0n) is 11.1. The fraction of sp³-hybridized carbons (Fsp3) is 0.0667. The molecule has 0 spiro atoms. The number of carbonyl (C=O) groups excluding carboxylic acids is 2. The zero-order valence-corrected chi connectivity index (χ0v) is 11.1. The van der Waals surface area contributed by atoms with Gasteiger partial charge in [-0.25, -0.2) is 4.79 Å². The number of hydrogen-bond acceptors (Lipinski definition) is 3. The lowest BCUT2D eigenvalue weighted by atomic mass is 10.1. The molecule has 1 amide bonds. The number of ether oxygens (including phenoxy) is 1. The Kier molecular flexibility index (Phi) is 4.16. The Bertz CT molecular complexity index is 691. The molecule has 2 N–H and O–H groups in total. The van der Waals surface area contributed by atoms with Gasteiger partial charge in [-0.3, -0.25) is 4.79 Å². The predicted molar refractivity (Wildman–Crippen MR) is 71.4 cm³/mol. The molecule has 0 radical (unpaired) electrons. The number of esters is 1. The van der Waals surface area contributed by atoms with Gasteiger partial charge in [0.15, 0.2) is 0 Å². The molecule has 0 aliphatic heterocycles. The molecule has 2 rings (SSSR count). The molecule has 0 aliphatic carbocycles. The van der Waals surface area contributed by atoms with E-state index in [0.717, 1.165) is 24.3 Å². The third kappa shape index (κ3) is 3.63. The first-order chi connectivity index (χ1) is 10.3. The highest BCUT2D eigenvalue weighted by atomic mass is 19.4. The average molecular weight is 309 g/mol. The Morgan fingerprint density at radius 2 is 1.36 bits per heavy atom. The number of halogens is 3. The number of rotatable bonds is 3. The quantitative estimate of drug-likeness (QED) is 0.700. The Morgan fingerprint density at radius 3 is 1.82 bits per heavy atom. The van der Waals surface area contributed by atoms with Gasteiger partial charge in [-0.15, -0.1) is 0 Å². The number of alkyl halides is 3. The third-order valence-corrected chi connectivity index (χ3v) is 2.80. The van der Waals surface area contributed by atoms with Crippen LogP contribution >= 0.6 is 0 Å². The fourth-order valence-electron chi connectivity index (χ4n) is 1.65. The van der Waals surface area contributed by atoms with Gasteiger partial charge in [-0.05, 0) is 48.5 Å². The van der Waals surface area contributed by atoms with Gasteiger partial charge >= 0.3 is 12.1 Å². The summed E-state index contributed by atoms with van der Waals surface area (Å²) in [5, 5.41) is 0. The van der Waals surface area contributed by atoms with Gasteiger partial charge in [-0.2, -0.15) is 13.2 Å². The molecule has 0 aromatic heterocycles. The van der Waals surface area contributed by atoms with E-state index in [1.54, 1.807) is 0 Å². The zero-order chi connectivity index (χ0) is 16.3. The first-order valence-corrected chi connectivity index (χ1v) is 6.06. The summed E-state index contributed by atoms with van der Waals surface area (Å²) in [4.78, 5) is 22.7. The Morgan fingerprint density at radius 1 is 0.864 bits per heavy atom. The summed E-state index contributed by atoms with van der Waals surface area (Å²) in [5.74, 6) is -1.28. The highest BCUT2D eigenvalue weighted by molar-refractivity contribution is 5.93. The number of carbonyl (C=O) groups is 2. The molecule has 0 unspecified atom stereocenters. The first kappa shape index (κ1) is 15.6. The van der Waals surface area contributed by atoms with Crippen LogP contribution in [0, 0.1) is 0 Å². The Labute approximate surface area is 123 Å². The Balaban J connectivity index is 2.10. The molecule has 22 heavy (non-hydrogen) atoms. The predicted octanol–water partition coefficient (Wildman–Crippen LogP) is 3.02. The summed E-state index contributed by atoms with van der Waals surface area (Å²) >= 11 is 0. The molecule has 0 saturated carbocycles. The maximum absolute atomic E-state index is 12.4. The molecule has 7 heteroatoms. The summed E-state index contributed by atoms with van der Waals surface area (Å²) in [6.45, 7) is 0. The first-order valence-electron chi connectivity index (χ1n) is 6.06. The van der Waals surface area contributed by atoms with Gasteiger partial charge in [0.05, 0.1) is 11.1 Å². The van der Waals surface area contributed by atoms with Crippen LogP contribution in [0.15, 0.2) is 48.5 Å². The van der Waals surface area contributed by atoms with Crippen molar-refractivity contribution in [1.29, 1.82) is 0 Å². The van der Waals surface area contributed by atoms with Crippen molar-refractivity contribution in [2.75, 3.05) is 0 Å². The van der Waals surface area contributed by atoms with Crippen LogP contribution < -0.4 is 10.5 Å². The van der Waals surface area contributed by atoms with Crippen LogP contribution in [0.3, 0.4) is 0 Å². The van der Waals surface area contributed by atoms with E-state index in [1.165, 1.54) is 24.3 Å². The van der Waals surface area contributed by atoms with Crippen LogP contribution in [-0.2, 0) is 6.18 Å². The molecule has 4 nitrogen and oxygen atoms in total. The van der Waals surface area contributed by atoms with Crippen molar-refractivity contribution in [3.63, 3.8) is 0 Å². The maximum atomic E-state index is 12.4. The maximum Gasteiger partial charge on any atom is 0.416 e. The van der Waals surface area contributed by atoms with E-state index in [-0.39, 0.29) is 16.9 Å². The van der Waals surface area contributed by atoms with Gasteiger partial charge < -0.3 is 10.5 Å². The van der Waals surface area contributed by atoms with Crippen molar-refractivity contribution in [1.82, 2.24) is 0 Å². The lowest BCUT2D eigenvalue weighted by Crippen LogP contribution is -2.12. The summed E-state index contributed by atoms with van der Waals surface area (Å²) in [7, 11) is 0. The van der Waals surface area contributed by atoms with E-state index in [4.69, 9.17) is 10.5 Å². The lowest BCUT2D eigenvalue weighted by Gasteiger charge is -2.08. The summed E-state index contributed by atoms with van der Waals surface area (Å²) in [6.07, 6.45) is -4.47. The second-order valence-electron chi connectivity index (χ2n) is 4.35. The molecular formula is C15H10F3NO3. The van der Waals surface area contributed by atoms with Crippen LogP contribution in [0.25, 0.3) is 0 Å². The molecule has 0 aliphatic rings. The number of benzene rings is 2. The van der Waals surface area contributed by atoms with Crippen LogP contribution in [0.4, 0.5) is 13.2 Å². The van der Waals surface area contributed by atoms with Gasteiger partial charge in [-0.1, -0.05) is 0 Å². The summed E-state index contributed by atoms with van der Waals surface area (Å²) in [5.41, 5.74) is 4.44. The molecule has 0 bridgehead atoms. The second-order valence-corrected chi connectivity index (χ2v) is 4.35. The minimum atomic E-state index is -4.47. The minimum Gasteiger partial charge on any atom is -0.423 e. The van der Waals surface area contributed by atoms with Crippen molar-refractivity contribution in [2.24, 2.45) is 5.73 Å². The largest absolute Gasteiger partial charge is 0.423 e. The summed E-state index contributed by atoms with van der Waals surface area (Å²) in [6, 6.07) is 9.13. The van der Waals surface area contributed by atoms with Crippen LogP contribution in [0.1, 0.15) is 26.3 Å². The molecule has 0 fully saturated rings. The topological polar surface area (TPSA) is 69.4 Å². The standard InChI is InChI=1S/C15H10F3NO3/c16-15(17,18)11-5-1-10(2-6-11)14(21)22-12-7-3-9(4-8-12)13(19)20/h1-8H,(H2,19,20). The van der Waals surface area contributed by atoms with E-state index in [9.17, 15) is 22.8 Å². The molecule has 0 atom stereocenters. The average Bonchev–Trinajstić information content (AvgIpc) is 2.47. The normalized spacial score (nSPS) is 11.0. The minimum absolute atomic E-state index is 0.0213. The van der Waals surface area contributed by atoms with Gasteiger partial charge in [0.1, 0.15) is 5.75 Å². The molecular weight excluding hydrogens is 299 g/mol. The molecule has 0 heterocycles. The smallest absolute Gasteiger partial charge is 0.416 e. The van der Waals surface area contributed by atoms with Crippen LogP contribution in [0.2, 0.25) is 0 Å². The van der Waals surface area contributed by atoms with E-state index in [2.05, 4.69) is 0 Å². The van der Waals surface area contributed by atoms with Crippen molar-refractivity contribution in [3.05, 3.63) is 65.2 Å². The molecule has 2 aromatic carbocycles. The van der Waals surface area contributed by atoms with Gasteiger partial charge in [0.2, 0.25) is 5.91 Å². The van der Waals surface area contributed by atoms with E-state index >= 15 is 0 Å². The number of amides is 1. The molecule has 0 saturated heterocycles. The van der Waals surface area contributed by atoms with E-state index < -0.39 is 23.6 Å². The molecule has 2 aromatic rings. The van der Waals surface area contributed by atoms with Gasteiger partial charge in [0, 0.05) is 5.56 Å². The van der Waals surface area contributed by atoms with Crippen LogP contribution in [-0.4, -0.2) is 11.9 Å². The van der Waals surface area contributed by atoms with Crippen molar-refractivity contribution in [3.8, 4) is 5.75 Å². The monoisotopic (exact) mass is 309 g/mol. The van der Waals surface area contributed by atoms with Crippen molar-refractivity contribution in [2.45, 2.75) is 6.18 Å². The summed E-state index contributed by atoms with van der Waals surface area (Å²) < 4.78 is 42.2. The highest BCUT2D eigenvalue weighted by Crippen LogP contribution is 2.29. The van der Waals surface area contributed by atoms with Crippen molar-refractivity contribution >= 4 is 11.9 Å². The third-order valence-electron chi connectivity index (χ3n) is 2.80. The second kappa shape index (κ2) is 5.88. The Hall–Kier alpha value is -2.83. The SMILES string of the molecule is NC(=O)c1ccc(OC(=O)c2ccc(C(F)(F)F)cc2)cc1. The van der Waals surface area contributed by atoms with E-state index in [1.807, 2.05) is 0 Å². The molecule has 114 valence electrons. The fourth-order valence-corrected chi connectivity index (χ4v) is 1.65. The number of nitrogens with two attached hydrogens (primary N) is 1. The number of hydrogen-bond donors (Lipinski definition) is 1.